The largest absolute Gasteiger partial charge is 0.489 e. The van der Waals surface area contributed by atoms with Crippen molar-refractivity contribution < 1.29 is 17.9 Å². The maximum atomic E-state index is 11.4. The lowest BCUT2D eigenvalue weighted by Crippen LogP contribution is -2.11. The average Bonchev–Trinajstić information content (AvgIpc) is 3.12. The highest BCUT2D eigenvalue weighted by atomic mass is 35.5. The second-order valence-electron chi connectivity index (χ2n) is 6.53. The summed E-state index contributed by atoms with van der Waals surface area (Å²) in [6.07, 6.45) is 1.71. The molecule has 6 nitrogen and oxygen atoms in total. The Labute approximate surface area is 200 Å². The van der Waals surface area contributed by atoms with Gasteiger partial charge < -0.3 is 9.47 Å². The van der Waals surface area contributed by atoms with Gasteiger partial charge in [0.05, 0.1) is 32.6 Å². The normalized spacial score (nSPS) is 11.4. The second kappa shape index (κ2) is 10.7. The van der Waals surface area contributed by atoms with Gasteiger partial charge >= 0.3 is 0 Å². The van der Waals surface area contributed by atoms with Crippen LogP contribution in [-0.4, -0.2) is 32.1 Å². The van der Waals surface area contributed by atoms with Gasteiger partial charge in [-0.05, 0) is 41.8 Å². The van der Waals surface area contributed by atoms with Crippen LogP contribution in [0.2, 0.25) is 10.0 Å². The van der Waals surface area contributed by atoms with Crippen molar-refractivity contribution in [2.24, 2.45) is 0 Å². The van der Waals surface area contributed by atoms with Crippen molar-refractivity contribution >= 4 is 62.0 Å². The first-order chi connectivity index (χ1) is 14.7. The Morgan fingerprint density at radius 3 is 2.35 bits per heavy atom. The van der Waals surface area contributed by atoms with Gasteiger partial charge in [-0.1, -0.05) is 35.3 Å². The van der Waals surface area contributed by atoms with Crippen molar-refractivity contribution in [2.45, 2.75) is 13.0 Å². The quantitative estimate of drug-likeness (QED) is 0.351. The van der Waals surface area contributed by atoms with Crippen molar-refractivity contribution in [3.63, 3.8) is 0 Å². The van der Waals surface area contributed by atoms with Crippen LogP contribution in [0.15, 0.2) is 41.9 Å². The van der Waals surface area contributed by atoms with Crippen LogP contribution in [0.1, 0.15) is 16.0 Å². The maximum absolute atomic E-state index is 11.4. The number of hydrogen-bond acceptors (Lipinski definition) is 6. The zero-order valence-corrected chi connectivity index (χ0v) is 20.3. The van der Waals surface area contributed by atoms with Gasteiger partial charge in [0.25, 0.3) is 0 Å². The monoisotopic (exact) mass is 520 g/mol. The van der Waals surface area contributed by atoms with Crippen LogP contribution in [-0.2, 0) is 23.1 Å². The molecule has 166 valence electrons. The number of hydrogen-bond donors (Lipinski definition) is 1. The number of alkyl halides is 1. The number of anilines is 1. The summed E-state index contributed by atoms with van der Waals surface area (Å²) in [5.41, 5.74) is 3.56. The zero-order valence-electron chi connectivity index (χ0n) is 16.4. The SMILES string of the molecule is CS(=O)(=O)Nc1ncsc1COc1ccc(Cc2cc(Cl)c(OCCCl)c(Cl)c2)cc1. The fraction of sp³-hybridized carbons (Fsp3) is 0.250. The first-order valence-electron chi connectivity index (χ1n) is 9.03. The molecule has 11 heteroatoms. The summed E-state index contributed by atoms with van der Waals surface area (Å²) < 4.78 is 36.4. The van der Waals surface area contributed by atoms with E-state index in [0.29, 0.717) is 45.3 Å². The summed E-state index contributed by atoms with van der Waals surface area (Å²) >= 11 is 19.5. The summed E-state index contributed by atoms with van der Waals surface area (Å²) in [5.74, 6) is 1.73. The summed E-state index contributed by atoms with van der Waals surface area (Å²) in [6, 6.07) is 11.2. The molecule has 0 radical (unpaired) electrons. The fourth-order valence-corrected chi connectivity index (χ4v) is 4.65. The fourth-order valence-electron chi connectivity index (χ4n) is 2.71. The molecular formula is C20H19Cl3N2O4S2. The van der Waals surface area contributed by atoms with E-state index in [0.717, 1.165) is 17.4 Å². The Balaban J connectivity index is 1.62. The molecule has 0 fully saturated rings. The number of nitrogens with one attached hydrogen (secondary N) is 1. The van der Waals surface area contributed by atoms with Gasteiger partial charge in [-0.3, -0.25) is 4.72 Å². The third-order valence-corrected chi connectivity index (χ3v) is 6.09. The number of benzene rings is 2. The number of rotatable bonds is 10. The predicted octanol–water partition coefficient (Wildman–Crippen LogP) is 5.61. The van der Waals surface area contributed by atoms with Gasteiger partial charge in [-0.15, -0.1) is 22.9 Å². The molecule has 0 saturated carbocycles. The van der Waals surface area contributed by atoms with Crippen molar-refractivity contribution in [3.05, 3.63) is 68.0 Å². The van der Waals surface area contributed by atoms with E-state index < -0.39 is 10.0 Å². The first-order valence-corrected chi connectivity index (χ1v) is 13.1. The summed E-state index contributed by atoms with van der Waals surface area (Å²) in [6.45, 7) is 0.534. The van der Waals surface area contributed by atoms with E-state index in [-0.39, 0.29) is 12.4 Å². The second-order valence-corrected chi connectivity index (χ2v) is 10.4. The molecule has 1 N–H and O–H groups in total. The minimum atomic E-state index is -3.40. The standard InChI is InChI=1S/C20H19Cl3N2O4S2/c1-31(26,27)25-20-18(30-12-24-20)11-29-15-4-2-13(3-5-15)8-14-9-16(22)19(17(23)10-14)28-7-6-21/h2-5,9-10,12,25H,6-8,11H2,1H3. The third kappa shape index (κ3) is 7.15. The minimum absolute atomic E-state index is 0.205. The molecule has 1 heterocycles. The van der Waals surface area contributed by atoms with Gasteiger partial charge in [0.1, 0.15) is 19.0 Å². The van der Waals surface area contributed by atoms with Crippen LogP contribution in [0.3, 0.4) is 0 Å². The van der Waals surface area contributed by atoms with E-state index in [1.54, 1.807) is 5.51 Å². The molecule has 0 aliphatic heterocycles. The molecule has 31 heavy (non-hydrogen) atoms. The molecule has 0 bridgehead atoms. The van der Waals surface area contributed by atoms with Crippen LogP contribution in [0.25, 0.3) is 0 Å². The van der Waals surface area contributed by atoms with Crippen LogP contribution in [0, 0.1) is 0 Å². The molecule has 0 spiro atoms. The predicted molar refractivity (Wildman–Crippen MR) is 127 cm³/mol. The van der Waals surface area contributed by atoms with Gasteiger partial charge in [0.2, 0.25) is 10.0 Å². The average molecular weight is 522 g/mol. The third-order valence-electron chi connectivity index (χ3n) is 4.01. The Bertz CT molecular complexity index is 1110. The van der Waals surface area contributed by atoms with Crippen molar-refractivity contribution in [1.29, 1.82) is 0 Å². The van der Waals surface area contributed by atoms with Gasteiger partial charge in [0.15, 0.2) is 11.6 Å². The Kier molecular flexibility index (Phi) is 8.30. The van der Waals surface area contributed by atoms with Crippen LogP contribution >= 0.6 is 46.1 Å². The molecule has 3 aromatic rings. The number of aromatic nitrogens is 1. The smallest absolute Gasteiger partial charge is 0.231 e. The minimum Gasteiger partial charge on any atom is -0.489 e. The van der Waals surface area contributed by atoms with Gasteiger partial charge in [-0.2, -0.15) is 0 Å². The molecule has 3 rings (SSSR count). The molecule has 0 atom stereocenters. The van der Waals surface area contributed by atoms with E-state index in [1.165, 1.54) is 11.3 Å². The highest BCUT2D eigenvalue weighted by molar-refractivity contribution is 7.92. The molecule has 0 unspecified atom stereocenters. The van der Waals surface area contributed by atoms with E-state index in [4.69, 9.17) is 44.3 Å². The van der Waals surface area contributed by atoms with E-state index in [1.807, 2.05) is 36.4 Å². The maximum Gasteiger partial charge on any atom is 0.231 e. The van der Waals surface area contributed by atoms with Crippen molar-refractivity contribution in [1.82, 2.24) is 4.98 Å². The zero-order chi connectivity index (χ0) is 22.4. The topological polar surface area (TPSA) is 77.5 Å². The molecule has 0 aliphatic rings. The lowest BCUT2D eigenvalue weighted by Gasteiger charge is -2.11. The van der Waals surface area contributed by atoms with Crippen LogP contribution in [0.5, 0.6) is 11.5 Å². The molecular weight excluding hydrogens is 503 g/mol. The molecule has 1 aromatic heterocycles. The molecule has 0 saturated heterocycles. The Morgan fingerprint density at radius 1 is 1.06 bits per heavy atom. The Morgan fingerprint density at radius 2 is 1.74 bits per heavy atom. The first kappa shape index (κ1) is 23.9. The van der Waals surface area contributed by atoms with Crippen molar-refractivity contribution in [3.8, 4) is 11.5 Å². The van der Waals surface area contributed by atoms with Crippen molar-refractivity contribution in [2.75, 3.05) is 23.5 Å². The summed E-state index contributed by atoms with van der Waals surface area (Å²) in [4.78, 5) is 4.71. The lowest BCUT2D eigenvalue weighted by atomic mass is 10.0. The van der Waals surface area contributed by atoms with Crippen LogP contribution in [0.4, 0.5) is 5.82 Å². The van der Waals surface area contributed by atoms with E-state index in [9.17, 15) is 8.42 Å². The van der Waals surface area contributed by atoms with Gasteiger partial charge in [0, 0.05) is 0 Å². The highest BCUT2D eigenvalue weighted by Gasteiger charge is 2.12. The number of nitrogens with zero attached hydrogens (tertiary/aromatic N) is 1. The number of thiazole rings is 1. The number of halogens is 3. The summed E-state index contributed by atoms with van der Waals surface area (Å²) in [5, 5.41) is 0.881. The highest BCUT2D eigenvalue weighted by Crippen LogP contribution is 2.35. The van der Waals surface area contributed by atoms with Crippen LogP contribution < -0.4 is 14.2 Å². The van der Waals surface area contributed by atoms with Gasteiger partial charge in [-0.25, -0.2) is 13.4 Å². The number of ether oxygens (including phenoxy) is 2. The Hall–Kier alpha value is -1.71. The molecule has 2 aromatic carbocycles. The van der Waals surface area contributed by atoms with E-state index >= 15 is 0 Å². The summed E-state index contributed by atoms with van der Waals surface area (Å²) in [7, 11) is -3.40. The number of sulfonamides is 1. The molecule has 0 amide bonds. The van der Waals surface area contributed by atoms with E-state index in [2.05, 4.69) is 9.71 Å². The molecule has 0 aliphatic carbocycles. The lowest BCUT2D eigenvalue weighted by molar-refractivity contribution is 0.310.